The summed E-state index contributed by atoms with van der Waals surface area (Å²) in [7, 11) is 0. The van der Waals surface area contributed by atoms with Gasteiger partial charge in [-0.3, -0.25) is 0 Å². The average Bonchev–Trinajstić information content (AvgIpc) is 2.94. The Morgan fingerprint density at radius 2 is 1.67 bits per heavy atom. The summed E-state index contributed by atoms with van der Waals surface area (Å²) in [6.07, 6.45) is 1.84. The fourth-order valence-electron chi connectivity index (χ4n) is 2.54. The second-order valence-corrected chi connectivity index (χ2v) is 7.25. The van der Waals surface area contributed by atoms with Crippen molar-refractivity contribution >= 4 is 34.5 Å². The molecule has 138 valence electrons. The number of aliphatic hydroxyl groups is 1. The van der Waals surface area contributed by atoms with Gasteiger partial charge in [-0.15, -0.1) is 0 Å². The molecule has 0 spiro atoms. The lowest BCUT2D eigenvalue weighted by Gasteiger charge is -2.04. The Kier molecular flexibility index (Phi) is 5.81. The van der Waals surface area contributed by atoms with Crippen molar-refractivity contribution in [2.45, 2.75) is 20.8 Å². The number of carbonyl (C=O) groups is 1. The molecule has 2 aromatic carbocycles. The largest absolute Gasteiger partial charge is 0.506 e. The summed E-state index contributed by atoms with van der Waals surface area (Å²) in [6.45, 7) is 5.98. The van der Waals surface area contributed by atoms with E-state index in [4.69, 9.17) is 4.74 Å². The Balaban J connectivity index is 2.02. The quantitative estimate of drug-likeness (QED) is 0.713. The van der Waals surface area contributed by atoms with Gasteiger partial charge in [-0.05, 0) is 44.5 Å². The third-order valence-electron chi connectivity index (χ3n) is 4.01. The van der Waals surface area contributed by atoms with Gasteiger partial charge in [0.05, 0.1) is 17.2 Å². The Morgan fingerprint density at radius 3 is 2.26 bits per heavy atom. The topological polar surface area (TPSA) is 58.9 Å². The number of aliphatic imine (C=N–C) groups is 1. The second-order valence-electron chi connectivity index (χ2n) is 6.22. The summed E-state index contributed by atoms with van der Waals surface area (Å²) in [5.41, 5.74) is 4.05. The lowest BCUT2D eigenvalue weighted by atomic mass is 10.1. The van der Waals surface area contributed by atoms with Crippen LogP contribution in [0.3, 0.4) is 0 Å². The molecule has 0 saturated carbocycles. The first-order chi connectivity index (χ1) is 13.0. The molecule has 0 amide bonds. The molecule has 4 nitrogen and oxygen atoms in total. The first kappa shape index (κ1) is 19.0. The molecule has 5 heteroatoms. The van der Waals surface area contributed by atoms with Crippen LogP contribution >= 0.6 is 11.8 Å². The molecular formula is C22H21NO3S. The van der Waals surface area contributed by atoms with Gasteiger partial charge in [-0.1, -0.05) is 59.3 Å². The van der Waals surface area contributed by atoms with Crippen molar-refractivity contribution in [2.75, 3.05) is 6.61 Å². The van der Waals surface area contributed by atoms with E-state index in [0.717, 1.165) is 16.7 Å². The number of hydrogen-bond acceptors (Lipinski definition) is 5. The number of hydrogen-bond donors (Lipinski definition) is 1. The average molecular weight is 379 g/mol. The smallest absolute Gasteiger partial charge is 0.344 e. The fraction of sp³-hybridized carbons (Fsp3) is 0.182. The minimum absolute atomic E-state index is 0.0927. The molecule has 0 fully saturated rings. The van der Waals surface area contributed by atoms with Gasteiger partial charge < -0.3 is 9.84 Å². The standard InChI is InChI=1S/C22H21NO3S/c1-4-26-22(25)19-20(24)18(13-16-9-5-14(2)6-10-16)27-21(19)23-17-11-7-15(3)8-12-17/h5-13,24H,4H2,1-3H3/b18-13-,23-21?. The van der Waals surface area contributed by atoms with E-state index in [-0.39, 0.29) is 17.9 Å². The zero-order valence-electron chi connectivity index (χ0n) is 15.5. The molecule has 1 heterocycles. The molecule has 1 aliphatic rings. The molecule has 0 aliphatic carbocycles. The van der Waals surface area contributed by atoms with Crippen molar-refractivity contribution in [2.24, 2.45) is 4.99 Å². The molecule has 0 radical (unpaired) electrons. The molecule has 0 atom stereocenters. The first-order valence-electron chi connectivity index (χ1n) is 8.70. The summed E-state index contributed by atoms with van der Waals surface area (Å²) in [6, 6.07) is 15.6. The van der Waals surface area contributed by atoms with Gasteiger partial charge in [0.2, 0.25) is 0 Å². The molecule has 2 aromatic rings. The van der Waals surface area contributed by atoms with E-state index in [1.165, 1.54) is 11.8 Å². The number of aliphatic hydroxyl groups excluding tert-OH is 1. The van der Waals surface area contributed by atoms with E-state index in [9.17, 15) is 9.90 Å². The molecular weight excluding hydrogens is 358 g/mol. The van der Waals surface area contributed by atoms with Gasteiger partial charge >= 0.3 is 5.97 Å². The Hall–Kier alpha value is -2.79. The molecule has 1 aliphatic heterocycles. The summed E-state index contributed by atoms with van der Waals surface area (Å²) in [5.74, 6) is -0.662. The van der Waals surface area contributed by atoms with Gasteiger partial charge in [0, 0.05) is 0 Å². The number of aryl methyl sites for hydroxylation is 2. The molecule has 0 unspecified atom stereocenters. The SMILES string of the molecule is CCOC(=O)C1=C(O)/C(=C/c2ccc(C)cc2)SC1=Nc1ccc(C)cc1. The molecule has 1 N–H and O–H groups in total. The van der Waals surface area contributed by atoms with Crippen LogP contribution in [-0.4, -0.2) is 22.7 Å². The maximum atomic E-state index is 12.4. The first-order valence-corrected chi connectivity index (χ1v) is 9.52. The summed E-state index contributed by atoms with van der Waals surface area (Å²) in [5, 5.41) is 11.1. The maximum absolute atomic E-state index is 12.4. The highest BCUT2D eigenvalue weighted by atomic mass is 32.2. The highest BCUT2D eigenvalue weighted by molar-refractivity contribution is 8.18. The number of rotatable bonds is 4. The Bertz CT molecular complexity index is 939. The third-order valence-corrected chi connectivity index (χ3v) is 5.03. The molecule has 3 rings (SSSR count). The zero-order chi connectivity index (χ0) is 19.4. The van der Waals surface area contributed by atoms with Crippen LogP contribution in [0.15, 0.2) is 69.8 Å². The van der Waals surface area contributed by atoms with E-state index in [1.54, 1.807) is 6.92 Å². The van der Waals surface area contributed by atoms with Crippen LogP contribution in [0.4, 0.5) is 5.69 Å². The highest BCUT2D eigenvalue weighted by Crippen LogP contribution is 2.40. The highest BCUT2D eigenvalue weighted by Gasteiger charge is 2.33. The lowest BCUT2D eigenvalue weighted by molar-refractivity contribution is -0.138. The van der Waals surface area contributed by atoms with E-state index >= 15 is 0 Å². The molecule has 0 bridgehead atoms. The van der Waals surface area contributed by atoms with Crippen molar-refractivity contribution in [3.05, 3.63) is 81.5 Å². The minimum atomic E-state index is -0.569. The van der Waals surface area contributed by atoms with E-state index in [1.807, 2.05) is 68.5 Å². The fourth-order valence-corrected chi connectivity index (χ4v) is 3.58. The minimum Gasteiger partial charge on any atom is -0.506 e. The monoisotopic (exact) mass is 379 g/mol. The van der Waals surface area contributed by atoms with Gasteiger partial charge in [0.25, 0.3) is 0 Å². The molecule has 27 heavy (non-hydrogen) atoms. The second kappa shape index (κ2) is 8.27. The third kappa shape index (κ3) is 4.49. The van der Waals surface area contributed by atoms with Crippen LogP contribution in [0.5, 0.6) is 0 Å². The van der Waals surface area contributed by atoms with Gasteiger partial charge in [0.15, 0.2) is 0 Å². The van der Waals surface area contributed by atoms with E-state index < -0.39 is 5.97 Å². The van der Waals surface area contributed by atoms with Crippen molar-refractivity contribution in [1.29, 1.82) is 0 Å². The number of nitrogens with zero attached hydrogens (tertiary/aromatic N) is 1. The zero-order valence-corrected chi connectivity index (χ0v) is 16.3. The lowest BCUT2D eigenvalue weighted by Crippen LogP contribution is -2.12. The number of thioether (sulfide) groups is 1. The van der Waals surface area contributed by atoms with Gasteiger partial charge in [-0.25, -0.2) is 9.79 Å². The molecule has 0 aromatic heterocycles. The number of ether oxygens (including phenoxy) is 1. The predicted molar refractivity (Wildman–Crippen MR) is 111 cm³/mol. The van der Waals surface area contributed by atoms with Gasteiger partial charge in [-0.2, -0.15) is 0 Å². The van der Waals surface area contributed by atoms with Crippen LogP contribution in [0.1, 0.15) is 23.6 Å². The van der Waals surface area contributed by atoms with Crippen LogP contribution in [0.25, 0.3) is 6.08 Å². The molecule has 0 saturated heterocycles. The van der Waals surface area contributed by atoms with Crippen LogP contribution in [0, 0.1) is 13.8 Å². The van der Waals surface area contributed by atoms with Gasteiger partial charge in [0.1, 0.15) is 16.4 Å². The van der Waals surface area contributed by atoms with Crippen LogP contribution in [0.2, 0.25) is 0 Å². The Labute approximate surface area is 163 Å². The van der Waals surface area contributed by atoms with Crippen molar-refractivity contribution in [1.82, 2.24) is 0 Å². The predicted octanol–water partition coefficient (Wildman–Crippen LogP) is 5.50. The van der Waals surface area contributed by atoms with E-state index in [2.05, 4.69) is 4.99 Å². The van der Waals surface area contributed by atoms with Crippen molar-refractivity contribution in [3.8, 4) is 0 Å². The number of benzene rings is 2. The summed E-state index contributed by atoms with van der Waals surface area (Å²) in [4.78, 5) is 17.5. The van der Waals surface area contributed by atoms with Crippen LogP contribution in [-0.2, 0) is 9.53 Å². The van der Waals surface area contributed by atoms with Crippen LogP contribution < -0.4 is 0 Å². The summed E-state index contributed by atoms with van der Waals surface area (Å²) >= 11 is 1.27. The number of esters is 1. The normalized spacial score (nSPS) is 17.0. The summed E-state index contributed by atoms with van der Waals surface area (Å²) < 4.78 is 5.12. The van der Waals surface area contributed by atoms with Crippen molar-refractivity contribution in [3.63, 3.8) is 0 Å². The Morgan fingerprint density at radius 1 is 1.07 bits per heavy atom. The maximum Gasteiger partial charge on any atom is 0.344 e. The number of carbonyl (C=O) groups excluding carboxylic acids is 1. The van der Waals surface area contributed by atoms with Crippen molar-refractivity contribution < 1.29 is 14.6 Å². The van der Waals surface area contributed by atoms with E-state index in [0.29, 0.717) is 15.6 Å².